The van der Waals surface area contributed by atoms with Crippen LogP contribution in [0.15, 0.2) is 12.2 Å². The van der Waals surface area contributed by atoms with E-state index in [2.05, 4.69) is 0 Å². The number of hydrogen-bond acceptors (Lipinski definition) is 4. The topological polar surface area (TPSA) is 80.5 Å². The summed E-state index contributed by atoms with van der Waals surface area (Å²) in [6.07, 6.45) is 6.94. The summed E-state index contributed by atoms with van der Waals surface area (Å²) < 4.78 is 0. The molecule has 0 atom stereocenters. The lowest BCUT2D eigenvalue weighted by atomic mass is 9.82. The number of amides is 2. The van der Waals surface area contributed by atoms with Gasteiger partial charge in [0.2, 0.25) is 0 Å². The highest BCUT2D eigenvalue weighted by Crippen LogP contribution is 2.30. The molecule has 1 fully saturated rings. The van der Waals surface area contributed by atoms with Gasteiger partial charge in [-0.05, 0) is 38.6 Å². The van der Waals surface area contributed by atoms with E-state index in [9.17, 15) is 14.4 Å². The Kier molecular flexibility index (Phi) is 4.47. The number of carbonyl (C=O) groups is 3. The van der Waals surface area contributed by atoms with Crippen molar-refractivity contribution in [3.8, 4) is 0 Å². The van der Waals surface area contributed by atoms with Crippen molar-refractivity contribution in [3.63, 3.8) is 0 Å². The van der Waals surface area contributed by atoms with Crippen LogP contribution in [0.4, 0.5) is 0 Å². The van der Waals surface area contributed by atoms with Crippen LogP contribution in [0, 0.1) is 5.92 Å². The number of ketones is 1. The van der Waals surface area contributed by atoms with Gasteiger partial charge >= 0.3 is 0 Å². The van der Waals surface area contributed by atoms with Crippen LogP contribution in [0.1, 0.15) is 38.5 Å². The molecule has 1 aliphatic heterocycles. The summed E-state index contributed by atoms with van der Waals surface area (Å²) in [4.78, 5) is 36.4. The molecule has 5 heteroatoms. The first-order valence-electron chi connectivity index (χ1n) is 6.91. The Labute approximate surface area is 112 Å². The molecule has 0 unspecified atom stereocenters. The highest BCUT2D eigenvalue weighted by Gasteiger charge is 2.35. The molecule has 2 N–H and O–H groups in total. The molecule has 5 nitrogen and oxygen atoms in total. The third kappa shape index (κ3) is 3.10. The van der Waals surface area contributed by atoms with E-state index < -0.39 is 0 Å². The Bertz CT molecular complexity index is 391. The zero-order valence-corrected chi connectivity index (χ0v) is 11.0. The molecule has 0 aromatic heterocycles. The van der Waals surface area contributed by atoms with Crippen molar-refractivity contribution >= 4 is 17.6 Å². The third-order valence-corrected chi connectivity index (χ3v) is 3.99. The first-order valence-corrected chi connectivity index (χ1v) is 6.91. The largest absolute Gasteiger partial charge is 0.330 e. The second-order valence-corrected chi connectivity index (χ2v) is 5.24. The fourth-order valence-electron chi connectivity index (χ4n) is 2.91. The van der Waals surface area contributed by atoms with Gasteiger partial charge in [-0.2, -0.15) is 0 Å². The van der Waals surface area contributed by atoms with E-state index in [1.807, 2.05) is 0 Å². The maximum atomic E-state index is 11.9. The molecule has 104 valence electrons. The maximum Gasteiger partial charge on any atom is 0.253 e. The summed E-state index contributed by atoms with van der Waals surface area (Å²) in [7, 11) is 0. The van der Waals surface area contributed by atoms with Crippen molar-refractivity contribution in [2.75, 3.05) is 6.54 Å². The molecule has 0 radical (unpaired) electrons. The molecule has 1 aliphatic carbocycles. The lowest BCUT2D eigenvalue weighted by molar-refractivity contribution is -0.140. The minimum atomic E-state index is -0.220. The van der Waals surface area contributed by atoms with Crippen LogP contribution in [-0.2, 0) is 14.4 Å². The van der Waals surface area contributed by atoms with Crippen LogP contribution in [-0.4, -0.2) is 35.1 Å². The van der Waals surface area contributed by atoms with E-state index in [-0.39, 0.29) is 29.6 Å². The van der Waals surface area contributed by atoms with Gasteiger partial charge in [-0.3, -0.25) is 19.3 Å². The highest BCUT2D eigenvalue weighted by atomic mass is 16.2. The first kappa shape index (κ1) is 13.9. The Morgan fingerprint density at radius 1 is 1.16 bits per heavy atom. The van der Waals surface area contributed by atoms with Gasteiger partial charge in [0.05, 0.1) is 0 Å². The fourth-order valence-corrected chi connectivity index (χ4v) is 2.91. The summed E-state index contributed by atoms with van der Waals surface area (Å²) in [5.41, 5.74) is 5.40. The lowest BCUT2D eigenvalue weighted by Gasteiger charge is -2.32. The van der Waals surface area contributed by atoms with Gasteiger partial charge in [-0.1, -0.05) is 0 Å². The molecule has 1 heterocycles. The normalized spacial score (nSPS) is 27.1. The van der Waals surface area contributed by atoms with Crippen molar-refractivity contribution in [1.29, 1.82) is 0 Å². The summed E-state index contributed by atoms with van der Waals surface area (Å²) in [6.45, 7) is 0.545. The van der Waals surface area contributed by atoms with E-state index in [0.29, 0.717) is 13.0 Å². The van der Waals surface area contributed by atoms with Crippen molar-refractivity contribution in [3.05, 3.63) is 12.2 Å². The maximum absolute atomic E-state index is 11.9. The predicted molar refractivity (Wildman–Crippen MR) is 70.0 cm³/mol. The van der Waals surface area contributed by atoms with E-state index in [1.54, 1.807) is 0 Å². The first-order chi connectivity index (χ1) is 9.13. The van der Waals surface area contributed by atoms with Gasteiger partial charge < -0.3 is 5.73 Å². The van der Waals surface area contributed by atoms with Crippen LogP contribution in [0.25, 0.3) is 0 Å². The molecule has 0 saturated heterocycles. The SMILES string of the molecule is NCCCC(=O)C1CCC(N2C(=O)C=CC2=O)CC1. The molecule has 2 amide bonds. The monoisotopic (exact) mass is 264 g/mol. The number of imide groups is 1. The lowest BCUT2D eigenvalue weighted by Crippen LogP contribution is -2.42. The average molecular weight is 264 g/mol. The van der Waals surface area contributed by atoms with E-state index in [0.717, 1.165) is 32.1 Å². The molecule has 0 spiro atoms. The van der Waals surface area contributed by atoms with Gasteiger partial charge in [0.25, 0.3) is 11.8 Å². The molecular formula is C14H20N2O3. The van der Waals surface area contributed by atoms with Crippen molar-refractivity contribution < 1.29 is 14.4 Å². The predicted octanol–water partition coefficient (Wildman–Crippen LogP) is 0.778. The molecule has 2 aliphatic rings. The standard InChI is InChI=1S/C14H20N2O3/c15-9-1-2-12(17)10-3-5-11(6-4-10)16-13(18)7-8-14(16)19/h7-8,10-11H,1-6,9,15H2. The molecular weight excluding hydrogens is 244 g/mol. The number of nitrogens with two attached hydrogens (primary N) is 1. The van der Waals surface area contributed by atoms with Crippen LogP contribution < -0.4 is 5.73 Å². The van der Waals surface area contributed by atoms with Crippen LogP contribution in [0.3, 0.4) is 0 Å². The average Bonchev–Trinajstić information content (AvgIpc) is 2.76. The van der Waals surface area contributed by atoms with Gasteiger partial charge in [-0.15, -0.1) is 0 Å². The Morgan fingerprint density at radius 2 is 1.74 bits per heavy atom. The number of carbonyl (C=O) groups excluding carboxylic acids is 3. The second-order valence-electron chi connectivity index (χ2n) is 5.24. The molecule has 0 bridgehead atoms. The smallest absolute Gasteiger partial charge is 0.253 e. The molecule has 0 aromatic carbocycles. The van der Waals surface area contributed by atoms with Gasteiger partial charge in [0.15, 0.2) is 0 Å². The molecule has 1 saturated carbocycles. The minimum absolute atomic E-state index is 0.0337. The van der Waals surface area contributed by atoms with Crippen molar-refractivity contribution in [2.24, 2.45) is 11.7 Å². The number of nitrogens with zero attached hydrogens (tertiary/aromatic N) is 1. The molecule has 19 heavy (non-hydrogen) atoms. The Morgan fingerprint density at radius 3 is 2.26 bits per heavy atom. The second kappa shape index (κ2) is 6.10. The fraction of sp³-hybridized carbons (Fsp3) is 0.643. The third-order valence-electron chi connectivity index (χ3n) is 3.99. The van der Waals surface area contributed by atoms with Gasteiger partial charge in [0.1, 0.15) is 5.78 Å². The molecule has 2 rings (SSSR count). The Hall–Kier alpha value is -1.49. The number of rotatable bonds is 5. The summed E-state index contributed by atoms with van der Waals surface area (Å²) in [5, 5.41) is 0. The van der Waals surface area contributed by atoms with Crippen LogP contribution in [0.5, 0.6) is 0 Å². The zero-order valence-electron chi connectivity index (χ0n) is 11.0. The molecule has 0 aromatic rings. The zero-order chi connectivity index (χ0) is 13.8. The van der Waals surface area contributed by atoms with Gasteiger partial charge in [0, 0.05) is 30.5 Å². The van der Waals surface area contributed by atoms with Crippen molar-refractivity contribution in [2.45, 2.75) is 44.6 Å². The van der Waals surface area contributed by atoms with Crippen LogP contribution in [0.2, 0.25) is 0 Å². The highest BCUT2D eigenvalue weighted by molar-refractivity contribution is 6.13. The van der Waals surface area contributed by atoms with Crippen LogP contribution >= 0.6 is 0 Å². The van der Waals surface area contributed by atoms with E-state index in [4.69, 9.17) is 5.73 Å². The van der Waals surface area contributed by atoms with E-state index in [1.165, 1.54) is 17.1 Å². The summed E-state index contributed by atoms with van der Waals surface area (Å²) in [5.74, 6) is -0.0736. The van der Waals surface area contributed by atoms with Gasteiger partial charge in [-0.25, -0.2) is 0 Å². The minimum Gasteiger partial charge on any atom is -0.330 e. The quantitative estimate of drug-likeness (QED) is 0.744. The summed E-state index contributed by atoms with van der Waals surface area (Å²) >= 11 is 0. The van der Waals surface area contributed by atoms with Crippen molar-refractivity contribution in [1.82, 2.24) is 4.90 Å². The van der Waals surface area contributed by atoms with E-state index >= 15 is 0 Å². The number of Topliss-reactive ketones (excluding diaryl/α,β-unsaturated/α-hetero) is 1. The number of hydrogen-bond donors (Lipinski definition) is 1. The summed E-state index contributed by atoms with van der Waals surface area (Å²) in [6, 6.07) is -0.0337. The Balaban J connectivity index is 1.84.